The van der Waals surface area contributed by atoms with Crippen LogP contribution in [0.1, 0.15) is 18.9 Å². The minimum atomic E-state index is -3.04. The van der Waals surface area contributed by atoms with Crippen molar-refractivity contribution in [3.63, 3.8) is 0 Å². The summed E-state index contributed by atoms with van der Waals surface area (Å²) in [6, 6.07) is 1.90. The average molecular weight is 246 g/mol. The zero-order valence-electron chi connectivity index (χ0n) is 9.40. The molecule has 0 fully saturated rings. The van der Waals surface area contributed by atoms with E-state index in [0.29, 0.717) is 6.54 Å². The summed E-state index contributed by atoms with van der Waals surface area (Å²) in [6.07, 6.45) is 4.09. The summed E-state index contributed by atoms with van der Waals surface area (Å²) in [5.41, 5.74) is 1.09. The Bertz CT molecular complexity index is 373. The van der Waals surface area contributed by atoms with Gasteiger partial charge in [0.05, 0.1) is 18.3 Å². The zero-order valence-corrected chi connectivity index (χ0v) is 10.2. The molecule has 0 saturated carbocycles. The molecule has 0 radical (unpaired) electrons. The summed E-state index contributed by atoms with van der Waals surface area (Å²) in [5, 5.41) is 3.20. The molecule has 0 bridgehead atoms. The summed E-state index contributed by atoms with van der Waals surface area (Å²) < 4.78 is 29.6. The topological polar surface area (TPSA) is 71.3 Å². The highest BCUT2D eigenvalue weighted by Crippen LogP contribution is 1.98. The lowest BCUT2D eigenvalue weighted by Crippen LogP contribution is -2.28. The van der Waals surface area contributed by atoms with E-state index in [9.17, 15) is 8.42 Å². The minimum Gasteiger partial charge on any atom is -0.472 e. The molecule has 0 atom stereocenters. The van der Waals surface area contributed by atoms with Crippen LogP contribution < -0.4 is 10.0 Å². The molecule has 5 nitrogen and oxygen atoms in total. The summed E-state index contributed by atoms with van der Waals surface area (Å²) in [5.74, 6) is 0.134. The second kappa shape index (κ2) is 6.67. The Morgan fingerprint density at radius 1 is 1.38 bits per heavy atom. The summed E-state index contributed by atoms with van der Waals surface area (Å²) >= 11 is 0. The fourth-order valence-electron chi connectivity index (χ4n) is 1.17. The first kappa shape index (κ1) is 13.2. The van der Waals surface area contributed by atoms with Crippen LogP contribution in [0.3, 0.4) is 0 Å². The molecule has 0 spiro atoms. The van der Waals surface area contributed by atoms with Crippen molar-refractivity contribution in [3.8, 4) is 0 Å². The lowest BCUT2D eigenvalue weighted by atomic mass is 10.3. The van der Waals surface area contributed by atoms with E-state index in [2.05, 4.69) is 10.0 Å². The fraction of sp³-hybridized carbons (Fsp3) is 0.600. The third-order valence-electron chi connectivity index (χ3n) is 2.14. The van der Waals surface area contributed by atoms with Gasteiger partial charge in [0.15, 0.2) is 0 Å². The number of hydrogen-bond acceptors (Lipinski definition) is 4. The maximum absolute atomic E-state index is 11.1. The smallest absolute Gasteiger partial charge is 0.211 e. The van der Waals surface area contributed by atoms with E-state index < -0.39 is 10.0 Å². The normalized spacial score (nSPS) is 11.8. The average Bonchev–Trinajstić information content (AvgIpc) is 2.76. The van der Waals surface area contributed by atoms with Crippen molar-refractivity contribution < 1.29 is 12.8 Å². The number of hydrogen-bond donors (Lipinski definition) is 2. The first-order valence-corrected chi connectivity index (χ1v) is 6.98. The summed E-state index contributed by atoms with van der Waals surface area (Å²) in [6.45, 7) is 3.63. The van der Waals surface area contributed by atoms with Gasteiger partial charge in [-0.3, -0.25) is 0 Å². The van der Waals surface area contributed by atoms with E-state index in [0.717, 1.165) is 25.1 Å². The Balaban J connectivity index is 2.01. The van der Waals surface area contributed by atoms with Gasteiger partial charge >= 0.3 is 0 Å². The number of sulfonamides is 1. The van der Waals surface area contributed by atoms with Crippen LogP contribution in [0.15, 0.2) is 23.0 Å². The van der Waals surface area contributed by atoms with E-state index in [-0.39, 0.29) is 5.75 Å². The second-order valence-corrected chi connectivity index (χ2v) is 5.56. The SMILES string of the molecule is CCS(=O)(=O)NCCCNCc1ccoc1. The third kappa shape index (κ3) is 5.29. The standard InChI is InChI=1S/C10H18N2O3S/c1-2-16(13,14)12-6-3-5-11-8-10-4-7-15-9-10/h4,7,9,11-12H,2-3,5-6,8H2,1H3. The molecule has 1 aromatic heterocycles. The fourth-order valence-corrected chi connectivity index (χ4v) is 1.83. The molecule has 2 N–H and O–H groups in total. The van der Waals surface area contributed by atoms with Gasteiger partial charge in [-0.2, -0.15) is 0 Å². The molecule has 0 aliphatic rings. The molecule has 1 rings (SSSR count). The highest BCUT2D eigenvalue weighted by molar-refractivity contribution is 7.89. The molecule has 6 heteroatoms. The highest BCUT2D eigenvalue weighted by Gasteiger charge is 2.03. The van der Waals surface area contributed by atoms with Gasteiger partial charge in [-0.1, -0.05) is 0 Å². The van der Waals surface area contributed by atoms with Crippen LogP contribution in [0.4, 0.5) is 0 Å². The van der Waals surface area contributed by atoms with Gasteiger partial charge < -0.3 is 9.73 Å². The van der Waals surface area contributed by atoms with Crippen molar-refractivity contribution in [1.82, 2.24) is 10.0 Å². The largest absolute Gasteiger partial charge is 0.472 e. The van der Waals surface area contributed by atoms with Crippen LogP contribution in [0, 0.1) is 0 Å². The third-order valence-corrected chi connectivity index (χ3v) is 3.55. The van der Waals surface area contributed by atoms with Crippen molar-refractivity contribution in [1.29, 1.82) is 0 Å². The van der Waals surface area contributed by atoms with Gasteiger partial charge in [-0.25, -0.2) is 13.1 Å². The maximum atomic E-state index is 11.1. The lowest BCUT2D eigenvalue weighted by molar-refractivity contribution is 0.558. The quantitative estimate of drug-likeness (QED) is 0.662. The van der Waals surface area contributed by atoms with Gasteiger partial charge in [0, 0.05) is 18.7 Å². The van der Waals surface area contributed by atoms with Crippen LogP contribution in [0.2, 0.25) is 0 Å². The molecule has 0 aromatic carbocycles. The molecule has 0 aliphatic carbocycles. The van der Waals surface area contributed by atoms with Crippen LogP contribution in [-0.2, 0) is 16.6 Å². The monoisotopic (exact) mass is 246 g/mol. The van der Waals surface area contributed by atoms with E-state index >= 15 is 0 Å². The number of nitrogens with one attached hydrogen (secondary N) is 2. The van der Waals surface area contributed by atoms with Crippen LogP contribution in [0.25, 0.3) is 0 Å². The Morgan fingerprint density at radius 3 is 2.81 bits per heavy atom. The van der Waals surface area contributed by atoms with Crippen molar-refractivity contribution in [3.05, 3.63) is 24.2 Å². The van der Waals surface area contributed by atoms with E-state index in [4.69, 9.17) is 4.42 Å². The molecule has 92 valence electrons. The van der Waals surface area contributed by atoms with Crippen molar-refractivity contribution in [2.75, 3.05) is 18.8 Å². The predicted molar refractivity (Wildman–Crippen MR) is 62.5 cm³/mol. The Kier molecular flexibility index (Phi) is 5.51. The summed E-state index contributed by atoms with van der Waals surface area (Å²) in [4.78, 5) is 0. The Morgan fingerprint density at radius 2 is 2.19 bits per heavy atom. The van der Waals surface area contributed by atoms with Crippen LogP contribution in [0.5, 0.6) is 0 Å². The number of furan rings is 1. The first-order chi connectivity index (χ1) is 7.64. The first-order valence-electron chi connectivity index (χ1n) is 5.33. The molecule has 1 heterocycles. The molecule has 0 amide bonds. The van der Waals surface area contributed by atoms with Gasteiger partial charge in [0.1, 0.15) is 0 Å². The highest BCUT2D eigenvalue weighted by atomic mass is 32.2. The van der Waals surface area contributed by atoms with E-state index in [1.54, 1.807) is 19.5 Å². The maximum Gasteiger partial charge on any atom is 0.211 e. The number of rotatable bonds is 8. The van der Waals surface area contributed by atoms with Gasteiger partial charge in [-0.15, -0.1) is 0 Å². The summed E-state index contributed by atoms with van der Waals surface area (Å²) in [7, 11) is -3.04. The van der Waals surface area contributed by atoms with Crippen LogP contribution >= 0.6 is 0 Å². The Hall–Kier alpha value is -0.850. The molecular weight excluding hydrogens is 228 g/mol. The van der Waals surface area contributed by atoms with Crippen molar-refractivity contribution in [2.45, 2.75) is 19.9 Å². The van der Waals surface area contributed by atoms with E-state index in [1.165, 1.54) is 0 Å². The molecule has 16 heavy (non-hydrogen) atoms. The van der Waals surface area contributed by atoms with Gasteiger partial charge in [0.2, 0.25) is 10.0 Å². The Labute approximate surface area is 96.3 Å². The van der Waals surface area contributed by atoms with Crippen LogP contribution in [-0.4, -0.2) is 27.3 Å². The molecular formula is C10H18N2O3S. The van der Waals surface area contributed by atoms with E-state index in [1.807, 2.05) is 6.07 Å². The predicted octanol–water partition coefficient (Wildman–Crippen LogP) is 0.699. The second-order valence-electron chi connectivity index (χ2n) is 3.46. The van der Waals surface area contributed by atoms with Gasteiger partial charge in [-0.05, 0) is 26.0 Å². The van der Waals surface area contributed by atoms with Crippen molar-refractivity contribution in [2.24, 2.45) is 0 Å². The lowest BCUT2D eigenvalue weighted by Gasteiger charge is -2.05. The molecule has 0 saturated heterocycles. The molecule has 0 unspecified atom stereocenters. The molecule has 0 aliphatic heterocycles. The molecule has 1 aromatic rings. The van der Waals surface area contributed by atoms with Crippen molar-refractivity contribution >= 4 is 10.0 Å². The minimum absolute atomic E-state index is 0.134. The zero-order chi connectivity index (χ0) is 11.9. The van der Waals surface area contributed by atoms with Gasteiger partial charge in [0.25, 0.3) is 0 Å².